The van der Waals surface area contributed by atoms with Crippen molar-refractivity contribution in [2.75, 3.05) is 0 Å². The minimum atomic E-state index is -0.799. The Morgan fingerprint density at radius 3 is 2.55 bits per heavy atom. The van der Waals surface area contributed by atoms with Crippen LogP contribution < -0.4 is 0 Å². The van der Waals surface area contributed by atoms with Crippen LogP contribution in [0.4, 0.5) is 4.39 Å². The summed E-state index contributed by atoms with van der Waals surface area (Å²) >= 11 is 3.38. The highest BCUT2D eigenvalue weighted by atomic mass is 79.9. The number of halogens is 2. The van der Waals surface area contributed by atoms with Gasteiger partial charge in [-0.05, 0) is 60.6 Å². The molecular weight excluding hydrogens is 319 g/mol. The molecule has 0 heterocycles. The molecule has 1 unspecified atom stereocenters. The van der Waals surface area contributed by atoms with Crippen molar-refractivity contribution in [1.82, 2.24) is 0 Å². The van der Waals surface area contributed by atoms with E-state index in [1.807, 2.05) is 6.07 Å². The summed E-state index contributed by atoms with van der Waals surface area (Å²) in [7, 11) is 0. The molecule has 0 bridgehead atoms. The summed E-state index contributed by atoms with van der Waals surface area (Å²) in [5.41, 5.74) is 4.10. The lowest BCUT2D eigenvalue weighted by Crippen LogP contribution is -2.06. The molecule has 0 spiro atoms. The second kappa shape index (κ2) is 5.66. The van der Waals surface area contributed by atoms with Gasteiger partial charge in [-0.25, -0.2) is 4.39 Å². The number of hydrogen-bond donors (Lipinski definition) is 1. The van der Waals surface area contributed by atoms with E-state index in [2.05, 4.69) is 28.1 Å². The molecule has 3 heteroatoms. The average molecular weight is 335 g/mol. The van der Waals surface area contributed by atoms with Crippen molar-refractivity contribution < 1.29 is 9.50 Å². The molecule has 0 radical (unpaired) electrons. The highest BCUT2D eigenvalue weighted by molar-refractivity contribution is 9.10. The third kappa shape index (κ3) is 2.65. The number of fused-ring (bicyclic) bond motifs is 1. The van der Waals surface area contributed by atoms with Gasteiger partial charge < -0.3 is 5.11 Å². The minimum Gasteiger partial charge on any atom is -0.384 e. The van der Waals surface area contributed by atoms with Gasteiger partial charge in [-0.3, -0.25) is 0 Å². The van der Waals surface area contributed by atoms with Gasteiger partial charge in [0.25, 0.3) is 0 Å². The fraction of sp³-hybridized carbons (Fsp3) is 0.294. The Balaban J connectivity index is 1.97. The molecule has 2 aromatic rings. The molecule has 0 fully saturated rings. The third-order valence-corrected chi connectivity index (χ3v) is 4.66. The maximum atomic E-state index is 13.4. The topological polar surface area (TPSA) is 20.2 Å². The fourth-order valence-electron chi connectivity index (χ4n) is 2.83. The van der Waals surface area contributed by atoms with Crippen LogP contribution in [0.3, 0.4) is 0 Å². The first kappa shape index (κ1) is 13.8. The summed E-state index contributed by atoms with van der Waals surface area (Å²) in [4.78, 5) is 0. The van der Waals surface area contributed by atoms with Crippen LogP contribution in [0.15, 0.2) is 40.9 Å². The van der Waals surface area contributed by atoms with Gasteiger partial charge in [-0.1, -0.05) is 34.1 Å². The summed E-state index contributed by atoms with van der Waals surface area (Å²) in [6.45, 7) is 0. The highest BCUT2D eigenvalue weighted by Gasteiger charge is 2.17. The van der Waals surface area contributed by atoms with Crippen LogP contribution in [0, 0.1) is 5.82 Å². The molecule has 104 valence electrons. The molecule has 20 heavy (non-hydrogen) atoms. The van der Waals surface area contributed by atoms with E-state index >= 15 is 0 Å². The van der Waals surface area contributed by atoms with Gasteiger partial charge in [-0.2, -0.15) is 0 Å². The van der Waals surface area contributed by atoms with Crippen molar-refractivity contribution >= 4 is 15.9 Å². The summed E-state index contributed by atoms with van der Waals surface area (Å²) < 4.78 is 14.1. The van der Waals surface area contributed by atoms with Crippen LogP contribution in [-0.4, -0.2) is 5.11 Å². The number of rotatable bonds is 2. The zero-order chi connectivity index (χ0) is 14.1. The lowest BCUT2D eigenvalue weighted by molar-refractivity contribution is 0.219. The van der Waals surface area contributed by atoms with Crippen LogP contribution in [0.5, 0.6) is 0 Å². The molecule has 1 atom stereocenters. The maximum Gasteiger partial charge on any atom is 0.123 e. The predicted molar refractivity (Wildman–Crippen MR) is 81.2 cm³/mol. The normalized spacial score (nSPS) is 15.8. The van der Waals surface area contributed by atoms with Gasteiger partial charge in [0.2, 0.25) is 0 Å². The monoisotopic (exact) mass is 334 g/mol. The number of aryl methyl sites for hydroxylation is 2. The summed E-state index contributed by atoms with van der Waals surface area (Å²) in [6.07, 6.45) is 3.84. The SMILES string of the molecule is OC(c1ccc2c(c1)CCCC2)c1cc(F)ccc1Br. The van der Waals surface area contributed by atoms with Crippen LogP contribution in [0.1, 0.15) is 41.2 Å². The number of hydrogen-bond acceptors (Lipinski definition) is 1. The van der Waals surface area contributed by atoms with Crippen molar-refractivity contribution in [2.45, 2.75) is 31.8 Å². The van der Waals surface area contributed by atoms with Gasteiger partial charge in [0.05, 0.1) is 0 Å². The van der Waals surface area contributed by atoms with E-state index in [0.29, 0.717) is 5.56 Å². The molecule has 1 N–H and O–H groups in total. The number of aliphatic hydroxyl groups excluding tert-OH is 1. The molecule has 2 aromatic carbocycles. The Morgan fingerprint density at radius 2 is 1.75 bits per heavy atom. The Bertz CT molecular complexity index is 639. The second-order valence-corrected chi connectivity index (χ2v) is 6.16. The molecule has 1 nitrogen and oxygen atoms in total. The molecular formula is C17H16BrFO. The summed E-state index contributed by atoms with van der Waals surface area (Å²) in [6, 6.07) is 10.5. The smallest absolute Gasteiger partial charge is 0.123 e. The van der Waals surface area contributed by atoms with E-state index in [0.717, 1.165) is 22.9 Å². The standard InChI is InChI=1S/C17H16BrFO/c18-16-8-7-14(19)10-15(16)17(20)13-6-5-11-3-1-2-4-12(11)9-13/h5-10,17,20H,1-4H2. The van der Waals surface area contributed by atoms with Gasteiger partial charge in [-0.15, -0.1) is 0 Å². The van der Waals surface area contributed by atoms with E-state index in [4.69, 9.17) is 0 Å². The fourth-order valence-corrected chi connectivity index (χ4v) is 3.29. The van der Waals surface area contributed by atoms with Crippen LogP contribution in [-0.2, 0) is 12.8 Å². The number of aliphatic hydroxyl groups is 1. The summed E-state index contributed by atoms with van der Waals surface area (Å²) in [5.74, 6) is -0.333. The molecule has 0 amide bonds. The Morgan fingerprint density at radius 1 is 1.00 bits per heavy atom. The largest absolute Gasteiger partial charge is 0.384 e. The van der Waals surface area contributed by atoms with Gasteiger partial charge in [0, 0.05) is 10.0 Å². The summed E-state index contributed by atoms with van der Waals surface area (Å²) in [5, 5.41) is 10.5. The Labute approximate surface area is 126 Å². The molecule has 0 aliphatic heterocycles. The average Bonchev–Trinajstić information content (AvgIpc) is 2.48. The highest BCUT2D eigenvalue weighted by Crippen LogP contribution is 2.31. The molecule has 3 rings (SSSR count). The lowest BCUT2D eigenvalue weighted by atomic mass is 9.88. The van der Waals surface area contributed by atoms with E-state index in [1.165, 1.54) is 36.1 Å². The Kier molecular flexibility index (Phi) is 3.90. The van der Waals surface area contributed by atoms with Gasteiger partial charge >= 0.3 is 0 Å². The van der Waals surface area contributed by atoms with Crippen molar-refractivity contribution in [3.05, 3.63) is 68.9 Å². The molecule has 0 saturated heterocycles. The van der Waals surface area contributed by atoms with Crippen LogP contribution in [0.25, 0.3) is 0 Å². The molecule has 1 aliphatic rings. The van der Waals surface area contributed by atoms with Gasteiger partial charge in [0.1, 0.15) is 11.9 Å². The zero-order valence-corrected chi connectivity index (χ0v) is 12.7. The van der Waals surface area contributed by atoms with E-state index < -0.39 is 6.10 Å². The third-order valence-electron chi connectivity index (χ3n) is 3.94. The number of benzene rings is 2. The van der Waals surface area contributed by atoms with Crippen molar-refractivity contribution in [3.8, 4) is 0 Å². The minimum absolute atomic E-state index is 0.333. The van der Waals surface area contributed by atoms with E-state index in [9.17, 15) is 9.50 Å². The van der Waals surface area contributed by atoms with Crippen molar-refractivity contribution in [2.24, 2.45) is 0 Å². The van der Waals surface area contributed by atoms with Crippen LogP contribution in [0.2, 0.25) is 0 Å². The first-order valence-electron chi connectivity index (χ1n) is 6.90. The van der Waals surface area contributed by atoms with Crippen LogP contribution >= 0.6 is 15.9 Å². The Hall–Kier alpha value is -1.19. The van der Waals surface area contributed by atoms with Crippen molar-refractivity contribution in [3.63, 3.8) is 0 Å². The first-order valence-corrected chi connectivity index (χ1v) is 7.69. The van der Waals surface area contributed by atoms with Gasteiger partial charge in [0.15, 0.2) is 0 Å². The van der Waals surface area contributed by atoms with E-state index in [-0.39, 0.29) is 5.82 Å². The zero-order valence-electron chi connectivity index (χ0n) is 11.1. The molecule has 0 saturated carbocycles. The maximum absolute atomic E-state index is 13.4. The molecule has 1 aliphatic carbocycles. The second-order valence-electron chi connectivity index (χ2n) is 5.30. The quantitative estimate of drug-likeness (QED) is 0.854. The van der Waals surface area contributed by atoms with E-state index in [1.54, 1.807) is 6.07 Å². The first-order chi connectivity index (χ1) is 9.65. The van der Waals surface area contributed by atoms with Crippen molar-refractivity contribution in [1.29, 1.82) is 0 Å². The lowest BCUT2D eigenvalue weighted by Gasteiger charge is -2.19. The predicted octanol–water partition coefficient (Wildman–Crippen LogP) is 4.55. The molecule has 0 aromatic heterocycles.